The molecule has 0 bridgehead atoms. The second-order valence-corrected chi connectivity index (χ2v) is 6.43. The lowest BCUT2D eigenvalue weighted by Crippen LogP contribution is -2.44. The molecule has 1 amide bonds. The second-order valence-electron chi connectivity index (χ2n) is 5.62. The van der Waals surface area contributed by atoms with Gasteiger partial charge in [-0.25, -0.2) is 0 Å². The van der Waals surface area contributed by atoms with E-state index in [0.717, 1.165) is 25.7 Å². The lowest BCUT2D eigenvalue weighted by molar-refractivity contribution is 0.0586. The largest absolute Gasteiger partial charge is 0.333 e. The van der Waals surface area contributed by atoms with Crippen molar-refractivity contribution in [2.24, 2.45) is 0 Å². The number of halogens is 2. The predicted octanol–water partition coefficient (Wildman–Crippen LogP) is 5.81. The summed E-state index contributed by atoms with van der Waals surface area (Å²) in [6, 6.07) is 5.54. The molecule has 21 heavy (non-hydrogen) atoms. The molecule has 0 heterocycles. The number of benzene rings is 1. The fraction of sp³-hybridized carbons (Fsp3) is 0.588. The van der Waals surface area contributed by atoms with E-state index >= 15 is 0 Å². The average Bonchev–Trinajstić information content (AvgIpc) is 2.42. The Morgan fingerprint density at radius 2 is 1.57 bits per heavy atom. The maximum Gasteiger partial charge on any atom is 0.254 e. The highest BCUT2D eigenvalue weighted by molar-refractivity contribution is 6.42. The zero-order valence-corrected chi connectivity index (χ0v) is 14.8. The van der Waals surface area contributed by atoms with Gasteiger partial charge < -0.3 is 4.90 Å². The number of hydrogen-bond acceptors (Lipinski definition) is 1. The van der Waals surface area contributed by atoms with Crippen LogP contribution in [0.4, 0.5) is 0 Å². The Morgan fingerprint density at radius 3 is 2.00 bits per heavy atom. The van der Waals surface area contributed by atoms with Gasteiger partial charge in [0.1, 0.15) is 0 Å². The Morgan fingerprint density at radius 1 is 1.05 bits per heavy atom. The monoisotopic (exact) mass is 329 g/mol. The molecule has 118 valence electrons. The van der Waals surface area contributed by atoms with Crippen LogP contribution in [0, 0.1) is 0 Å². The fourth-order valence-electron chi connectivity index (χ4n) is 2.73. The lowest BCUT2D eigenvalue weighted by Gasteiger charge is -2.35. The summed E-state index contributed by atoms with van der Waals surface area (Å²) in [5.41, 5.74) is 0.607. The van der Waals surface area contributed by atoms with E-state index < -0.39 is 0 Å². The quantitative estimate of drug-likeness (QED) is 0.617. The van der Waals surface area contributed by atoms with Gasteiger partial charge in [-0.1, -0.05) is 49.9 Å². The maximum atomic E-state index is 12.9. The summed E-state index contributed by atoms with van der Waals surface area (Å²) in [5, 5.41) is 0.900. The molecule has 0 radical (unpaired) electrons. The summed E-state index contributed by atoms with van der Waals surface area (Å²) in [4.78, 5) is 14.9. The third-order valence-electron chi connectivity index (χ3n) is 3.76. The molecule has 0 aliphatic rings. The Kier molecular flexibility index (Phi) is 7.55. The first kappa shape index (κ1) is 18.3. The van der Waals surface area contributed by atoms with Crippen molar-refractivity contribution in [3.8, 4) is 0 Å². The van der Waals surface area contributed by atoms with Crippen LogP contribution in [-0.2, 0) is 0 Å². The smallest absolute Gasteiger partial charge is 0.254 e. The molecule has 0 spiro atoms. The molecule has 0 saturated heterocycles. The van der Waals surface area contributed by atoms with E-state index in [9.17, 15) is 4.79 Å². The van der Waals surface area contributed by atoms with E-state index in [1.165, 1.54) is 0 Å². The van der Waals surface area contributed by atoms with Crippen molar-refractivity contribution in [3.63, 3.8) is 0 Å². The van der Waals surface area contributed by atoms with E-state index in [4.69, 9.17) is 23.2 Å². The minimum atomic E-state index is 0.0375. The number of hydrogen-bond donors (Lipinski definition) is 0. The van der Waals surface area contributed by atoms with E-state index in [1.54, 1.807) is 18.2 Å². The average molecular weight is 330 g/mol. The third kappa shape index (κ3) is 4.89. The van der Waals surface area contributed by atoms with Crippen LogP contribution in [0.3, 0.4) is 0 Å². The molecular weight excluding hydrogens is 305 g/mol. The van der Waals surface area contributed by atoms with Gasteiger partial charge in [-0.05, 0) is 44.9 Å². The topological polar surface area (TPSA) is 20.3 Å². The molecular formula is C17H25Cl2NO. The van der Waals surface area contributed by atoms with Crippen LogP contribution in [0.1, 0.15) is 63.7 Å². The third-order valence-corrected chi connectivity index (χ3v) is 4.50. The summed E-state index contributed by atoms with van der Waals surface area (Å²) >= 11 is 12.0. The minimum absolute atomic E-state index is 0.0375. The fourth-order valence-corrected chi connectivity index (χ4v) is 3.02. The molecule has 0 aliphatic heterocycles. The highest BCUT2D eigenvalue weighted by Gasteiger charge is 2.25. The second kappa shape index (κ2) is 8.65. The van der Waals surface area contributed by atoms with Crippen LogP contribution in [0.15, 0.2) is 18.2 Å². The zero-order valence-electron chi connectivity index (χ0n) is 13.3. The van der Waals surface area contributed by atoms with Crippen molar-refractivity contribution < 1.29 is 4.79 Å². The van der Waals surface area contributed by atoms with E-state index in [2.05, 4.69) is 27.7 Å². The van der Waals surface area contributed by atoms with E-state index in [0.29, 0.717) is 15.6 Å². The Hall–Kier alpha value is -0.730. The number of carbonyl (C=O) groups excluding carboxylic acids is 1. The Bertz CT molecular complexity index is 464. The van der Waals surface area contributed by atoms with Gasteiger partial charge in [0, 0.05) is 17.6 Å². The number of nitrogens with zero attached hydrogens (tertiary/aromatic N) is 1. The maximum absolute atomic E-state index is 12.9. The van der Waals surface area contributed by atoms with Gasteiger partial charge >= 0.3 is 0 Å². The summed E-state index contributed by atoms with van der Waals surface area (Å²) in [7, 11) is 0. The van der Waals surface area contributed by atoms with Crippen LogP contribution in [0.2, 0.25) is 10.0 Å². The van der Waals surface area contributed by atoms with Crippen molar-refractivity contribution in [2.75, 3.05) is 0 Å². The van der Waals surface area contributed by atoms with Gasteiger partial charge in [-0.2, -0.15) is 0 Å². The molecule has 4 heteroatoms. The van der Waals surface area contributed by atoms with Crippen LogP contribution in [0.5, 0.6) is 0 Å². The van der Waals surface area contributed by atoms with Crippen LogP contribution in [-0.4, -0.2) is 22.9 Å². The molecule has 2 unspecified atom stereocenters. The molecule has 0 aliphatic carbocycles. The Balaban J connectivity index is 3.05. The molecule has 0 aromatic heterocycles. The Labute approximate surface area is 138 Å². The molecule has 2 atom stereocenters. The normalized spacial score (nSPS) is 13.8. The van der Waals surface area contributed by atoms with E-state index in [1.807, 2.05) is 4.90 Å². The molecule has 2 nitrogen and oxygen atoms in total. The van der Waals surface area contributed by atoms with Gasteiger partial charge in [-0.3, -0.25) is 4.79 Å². The highest BCUT2D eigenvalue weighted by atomic mass is 35.5. The van der Waals surface area contributed by atoms with Crippen molar-refractivity contribution in [1.82, 2.24) is 4.90 Å². The predicted molar refractivity (Wildman–Crippen MR) is 91.4 cm³/mol. The van der Waals surface area contributed by atoms with Crippen molar-refractivity contribution >= 4 is 29.1 Å². The summed E-state index contributed by atoms with van der Waals surface area (Å²) in [5.74, 6) is 0.0375. The van der Waals surface area contributed by atoms with Crippen LogP contribution < -0.4 is 0 Å². The molecule has 1 aromatic carbocycles. The summed E-state index contributed by atoms with van der Waals surface area (Å²) in [6.45, 7) is 8.52. The van der Waals surface area contributed by atoms with E-state index in [-0.39, 0.29) is 18.0 Å². The standard InChI is InChI=1S/C17H25Cl2NO/c1-5-7-12(3)20(13(4)8-6-2)17(21)14-9-10-15(18)16(19)11-14/h9-13H,5-8H2,1-4H3. The van der Waals surface area contributed by atoms with Gasteiger partial charge in [0.05, 0.1) is 10.0 Å². The van der Waals surface area contributed by atoms with Gasteiger partial charge in [0.15, 0.2) is 0 Å². The van der Waals surface area contributed by atoms with Crippen LogP contribution >= 0.6 is 23.2 Å². The number of carbonyl (C=O) groups is 1. The first-order valence-electron chi connectivity index (χ1n) is 7.70. The van der Waals surface area contributed by atoms with Crippen molar-refractivity contribution in [1.29, 1.82) is 0 Å². The highest BCUT2D eigenvalue weighted by Crippen LogP contribution is 2.25. The van der Waals surface area contributed by atoms with Gasteiger partial charge in [-0.15, -0.1) is 0 Å². The first-order chi connectivity index (χ1) is 9.92. The zero-order chi connectivity index (χ0) is 16.0. The SMILES string of the molecule is CCCC(C)N(C(=O)c1ccc(Cl)c(Cl)c1)C(C)CCC. The van der Waals surface area contributed by atoms with Crippen LogP contribution in [0.25, 0.3) is 0 Å². The van der Waals surface area contributed by atoms with Gasteiger partial charge in [0.25, 0.3) is 5.91 Å². The molecule has 0 saturated carbocycles. The summed E-state index contributed by atoms with van der Waals surface area (Å²) in [6.07, 6.45) is 4.12. The van der Waals surface area contributed by atoms with Crippen molar-refractivity contribution in [2.45, 2.75) is 65.5 Å². The molecule has 1 aromatic rings. The number of amides is 1. The summed E-state index contributed by atoms with van der Waals surface area (Å²) < 4.78 is 0. The number of rotatable bonds is 7. The van der Waals surface area contributed by atoms with Gasteiger partial charge in [0.2, 0.25) is 0 Å². The first-order valence-corrected chi connectivity index (χ1v) is 8.45. The van der Waals surface area contributed by atoms with Crippen molar-refractivity contribution in [3.05, 3.63) is 33.8 Å². The molecule has 0 fully saturated rings. The molecule has 1 rings (SSSR count). The lowest BCUT2D eigenvalue weighted by atomic mass is 10.0. The molecule has 0 N–H and O–H groups in total. The minimum Gasteiger partial charge on any atom is -0.333 e.